The molecule has 0 radical (unpaired) electrons. The lowest BCUT2D eigenvalue weighted by Gasteiger charge is -2.32. The second-order valence-corrected chi connectivity index (χ2v) is 6.40. The Kier molecular flexibility index (Phi) is 5.39. The summed E-state index contributed by atoms with van der Waals surface area (Å²) >= 11 is 3.49. The highest BCUT2D eigenvalue weighted by Crippen LogP contribution is 2.26. The van der Waals surface area contributed by atoms with Crippen LogP contribution in [0.15, 0.2) is 22.7 Å². The van der Waals surface area contributed by atoms with Crippen molar-refractivity contribution in [2.75, 3.05) is 13.1 Å². The number of carbonyl (C=O) groups is 2. The van der Waals surface area contributed by atoms with Crippen LogP contribution in [0.5, 0.6) is 0 Å². The average Bonchev–Trinajstić information content (AvgIpc) is 2.48. The molecule has 21 heavy (non-hydrogen) atoms. The number of likely N-dealkylation sites (tertiary alicyclic amines) is 1. The predicted octanol–water partition coefficient (Wildman–Crippen LogP) is 3.47. The second-order valence-electron chi connectivity index (χ2n) is 5.60. The van der Waals surface area contributed by atoms with E-state index in [0.717, 1.165) is 22.9 Å². The third kappa shape index (κ3) is 4.06. The van der Waals surface area contributed by atoms with Gasteiger partial charge in [-0.15, -0.1) is 0 Å². The number of piperidine rings is 1. The van der Waals surface area contributed by atoms with Crippen molar-refractivity contribution in [3.63, 3.8) is 0 Å². The first-order valence-corrected chi connectivity index (χ1v) is 8.04. The van der Waals surface area contributed by atoms with Gasteiger partial charge >= 0.3 is 5.97 Å². The minimum atomic E-state index is -0.739. The van der Waals surface area contributed by atoms with E-state index in [0.29, 0.717) is 31.0 Å². The van der Waals surface area contributed by atoms with Gasteiger partial charge in [-0.2, -0.15) is 0 Å². The monoisotopic (exact) mass is 353 g/mol. The van der Waals surface area contributed by atoms with Crippen LogP contribution < -0.4 is 0 Å². The number of amides is 1. The van der Waals surface area contributed by atoms with Gasteiger partial charge in [-0.05, 0) is 59.7 Å². The molecule has 0 saturated carbocycles. The molecule has 1 saturated heterocycles. The number of hydrogen-bond acceptors (Lipinski definition) is 2. The zero-order valence-electron chi connectivity index (χ0n) is 12.1. The number of nitrogens with zero attached hydrogens (tertiary/aromatic N) is 1. The van der Waals surface area contributed by atoms with Gasteiger partial charge in [0, 0.05) is 24.0 Å². The van der Waals surface area contributed by atoms with Crippen molar-refractivity contribution in [3.8, 4) is 0 Å². The zero-order valence-corrected chi connectivity index (χ0v) is 13.7. The molecule has 0 unspecified atom stereocenters. The molecule has 5 heteroatoms. The number of aliphatic carboxylic acids is 1. The van der Waals surface area contributed by atoms with E-state index in [1.165, 1.54) is 0 Å². The van der Waals surface area contributed by atoms with Gasteiger partial charge in [0.2, 0.25) is 0 Å². The number of rotatable bonds is 4. The quantitative estimate of drug-likeness (QED) is 0.901. The molecule has 0 aromatic heterocycles. The highest BCUT2D eigenvalue weighted by Gasteiger charge is 2.25. The molecule has 1 aliphatic heterocycles. The third-order valence-electron chi connectivity index (χ3n) is 4.09. The topological polar surface area (TPSA) is 57.6 Å². The van der Waals surface area contributed by atoms with E-state index in [1.807, 2.05) is 30.0 Å². The number of carboxylic acids is 1. The average molecular weight is 354 g/mol. The fourth-order valence-corrected chi connectivity index (χ4v) is 3.17. The van der Waals surface area contributed by atoms with E-state index in [4.69, 9.17) is 5.11 Å². The van der Waals surface area contributed by atoms with Crippen LogP contribution in [0.4, 0.5) is 0 Å². The van der Waals surface area contributed by atoms with E-state index in [1.54, 1.807) is 0 Å². The number of benzene rings is 1. The summed E-state index contributed by atoms with van der Waals surface area (Å²) in [5.41, 5.74) is 1.76. The number of carbonyl (C=O) groups excluding carboxylic acids is 1. The number of aryl methyl sites for hydroxylation is 1. The molecule has 114 valence electrons. The Morgan fingerprint density at radius 3 is 2.62 bits per heavy atom. The summed E-state index contributed by atoms with van der Waals surface area (Å²) in [7, 11) is 0. The molecule has 1 heterocycles. The Hall–Kier alpha value is -1.36. The third-order valence-corrected chi connectivity index (χ3v) is 5.14. The maximum absolute atomic E-state index is 12.5. The molecule has 1 aromatic rings. The van der Waals surface area contributed by atoms with Gasteiger partial charge < -0.3 is 10.0 Å². The molecule has 1 N–H and O–H groups in total. The highest BCUT2D eigenvalue weighted by atomic mass is 79.9. The molecule has 0 atom stereocenters. The standard InChI is InChI=1S/C16H20BrNO3/c1-11-3-2-4-13(15(11)17)16(21)18-9-7-12(8-10-18)5-6-14(19)20/h2-4,12H,5-10H2,1H3,(H,19,20). The Labute approximate surface area is 133 Å². The summed E-state index contributed by atoms with van der Waals surface area (Å²) in [4.78, 5) is 25.0. The molecule has 1 aliphatic rings. The van der Waals surface area contributed by atoms with E-state index < -0.39 is 5.97 Å². The van der Waals surface area contributed by atoms with Crippen LogP contribution in [0.3, 0.4) is 0 Å². The lowest BCUT2D eigenvalue weighted by molar-refractivity contribution is -0.137. The van der Waals surface area contributed by atoms with Gasteiger partial charge in [0.15, 0.2) is 0 Å². The largest absolute Gasteiger partial charge is 0.481 e. The SMILES string of the molecule is Cc1cccc(C(=O)N2CCC(CCC(=O)O)CC2)c1Br. The van der Waals surface area contributed by atoms with Crippen molar-refractivity contribution < 1.29 is 14.7 Å². The summed E-state index contributed by atoms with van der Waals surface area (Å²) in [6.07, 6.45) is 2.72. The first-order chi connectivity index (χ1) is 9.99. The fraction of sp³-hybridized carbons (Fsp3) is 0.500. The van der Waals surface area contributed by atoms with Gasteiger partial charge in [0.05, 0.1) is 5.56 Å². The van der Waals surface area contributed by atoms with E-state index in [9.17, 15) is 9.59 Å². The maximum Gasteiger partial charge on any atom is 0.303 e. The van der Waals surface area contributed by atoms with Crippen molar-refractivity contribution in [2.45, 2.75) is 32.6 Å². The van der Waals surface area contributed by atoms with Crippen LogP contribution >= 0.6 is 15.9 Å². The van der Waals surface area contributed by atoms with Crippen molar-refractivity contribution >= 4 is 27.8 Å². The maximum atomic E-state index is 12.5. The van der Waals surface area contributed by atoms with Crippen molar-refractivity contribution in [2.24, 2.45) is 5.92 Å². The minimum absolute atomic E-state index is 0.0576. The van der Waals surface area contributed by atoms with Crippen LogP contribution in [0.2, 0.25) is 0 Å². The Morgan fingerprint density at radius 2 is 2.00 bits per heavy atom. The molecular formula is C16H20BrNO3. The van der Waals surface area contributed by atoms with Crippen LogP contribution in [0, 0.1) is 12.8 Å². The van der Waals surface area contributed by atoms with Gasteiger partial charge in [0.25, 0.3) is 5.91 Å². The van der Waals surface area contributed by atoms with Gasteiger partial charge in [0.1, 0.15) is 0 Å². The smallest absolute Gasteiger partial charge is 0.303 e. The molecular weight excluding hydrogens is 334 g/mol. The van der Waals surface area contributed by atoms with Crippen LogP contribution in [0.1, 0.15) is 41.6 Å². The normalized spacial score (nSPS) is 16.0. The van der Waals surface area contributed by atoms with Crippen LogP contribution in [-0.4, -0.2) is 35.0 Å². The van der Waals surface area contributed by atoms with E-state index >= 15 is 0 Å². The summed E-state index contributed by atoms with van der Waals surface area (Å²) in [6, 6.07) is 5.71. The Balaban J connectivity index is 1.94. The predicted molar refractivity (Wildman–Crippen MR) is 84.4 cm³/mol. The first kappa shape index (κ1) is 16.0. The van der Waals surface area contributed by atoms with E-state index in [-0.39, 0.29) is 12.3 Å². The number of hydrogen-bond donors (Lipinski definition) is 1. The summed E-state index contributed by atoms with van der Waals surface area (Å²) in [5.74, 6) is -0.259. The molecule has 2 rings (SSSR count). The highest BCUT2D eigenvalue weighted by molar-refractivity contribution is 9.10. The lowest BCUT2D eigenvalue weighted by Crippen LogP contribution is -2.38. The molecule has 1 fully saturated rings. The molecule has 1 aromatic carbocycles. The molecule has 4 nitrogen and oxygen atoms in total. The summed E-state index contributed by atoms with van der Waals surface area (Å²) in [6.45, 7) is 3.39. The molecule has 1 amide bonds. The van der Waals surface area contributed by atoms with Gasteiger partial charge in [-0.3, -0.25) is 9.59 Å². The molecule has 0 aliphatic carbocycles. The summed E-state index contributed by atoms with van der Waals surface area (Å²) < 4.78 is 0.864. The van der Waals surface area contributed by atoms with E-state index in [2.05, 4.69) is 15.9 Å². The summed E-state index contributed by atoms with van der Waals surface area (Å²) in [5, 5.41) is 8.72. The van der Waals surface area contributed by atoms with Crippen molar-refractivity contribution in [1.82, 2.24) is 4.90 Å². The van der Waals surface area contributed by atoms with Crippen molar-refractivity contribution in [1.29, 1.82) is 0 Å². The number of carboxylic acid groups (broad SMARTS) is 1. The second kappa shape index (κ2) is 7.07. The Morgan fingerprint density at radius 1 is 1.33 bits per heavy atom. The first-order valence-electron chi connectivity index (χ1n) is 7.25. The zero-order chi connectivity index (χ0) is 15.4. The van der Waals surface area contributed by atoms with Crippen molar-refractivity contribution in [3.05, 3.63) is 33.8 Å². The molecule has 0 spiro atoms. The Bertz CT molecular complexity index is 536. The van der Waals surface area contributed by atoms with Gasteiger partial charge in [-0.25, -0.2) is 0 Å². The lowest BCUT2D eigenvalue weighted by atomic mass is 9.92. The van der Waals surface area contributed by atoms with Gasteiger partial charge in [-0.1, -0.05) is 12.1 Å². The van der Waals surface area contributed by atoms with Crippen LogP contribution in [0.25, 0.3) is 0 Å². The number of halogens is 1. The minimum Gasteiger partial charge on any atom is -0.481 e. The fourth-order valence-electron chi connectivity index (χ4n) is 2.74. The van der Waals surface area contributed by atoms with Crippen LogP contribution in [-0.2, 0) is 4.79 Å². The molecule has 0 bridgehead atoms.